The van der Waals surface area contributed by atoms with Gasteiger partial charge in [0.05, 0.1) is 13.2 Å². The van der Waals surface area contributed by atoms with E-state index in [0.717, 1.165) is 19.7 Å². The molecule has 2 fully saturated rings. The van der Waals surface area contributed by atoms with Crippen molar-refractivity contribution < 1.29 is 4.74 Å². The van der Waals surface area contributed by atoms with Crippen molar-refractivity contribution in [2.24, 2.45) is 0 Å². The van der Waals surface area contributed by atoms with E-state index >= 15 is 0 Å². The van der Waals surface area contributed by atoms with E-state index in [0.29, 0.717) is 24.7 Å². The van der Waals surface area contributed by atoms with Gasteiger partial charge in [-0.25, -0.2) is 0 Å². The van der Waals surface area contributed by atoms with Crippen molar-refractivity contribution in [2.75, 3.05) is 26.2 Å². The van der Waals surface area contributed by atoms with E-state index in [-0.39, 0.29) is 0 Å². The van der Waals surface area contributed by atoms with E-state index in [1.807, 2.05) is 24.5 Å². The van der Waals surface area contributed by atoms with Crippen molar-refractivity contribution in [1.82, 2.24) is 20.9 Å². The van der Waals surface area contributed by atoms with Crippen LogP contribution < -0.4 is 16.0 Å². The number of nitrogens with one attached hydrogen (secondary N) is 3. The minimum atomic E-state index is 0.414. The molecule has 2 aliphatic heterocycles. The summed E-state index contributed by atoms with van der Waals surface area (Å²) in [6, 6.07) is 5.71. The van der Waals surface area contributed by atoms with E-state index in [1.165, 1.54) is 37.8 Å². The molecular weight excluding hydrogens is 276 g/mol. The summed E-state index contributed by atoms with van der Waals surface area (Å²) in [6.45, 7) is 4.64. The molecule has 0 aliphatic carbocycles. The van der Waals surface area contributed by atoms with Crippen molar-refractivity contribution >= 4 is 0 Å². The number of ether oxygens (including phenoxy) is 1. The molecule has 3 atom stereocenters. The lowest BCUT2D eigenvalue weighted by molar-refractivity contribution is 0.0895. The Morgan fingerprint density at radius 2 is 1.82 bits per heavy atom. The standard InChI is InChI=1S/C17H28N4O/c1-2-6-19-15(3-1)9-16-10-21-17(11-20-16)13-22-12-14-4-7-18-8-5-14/h4-5,7-8,15-17,19-21H,1-3,6,9-13H2. The molecule has 1 aromatic rings. The molecule has 5 heteroatoms. The van der Waals surface area contributed by atoms with Crippen molar-refractivity contribution in [1.29, 1.82) is 0 Å². The van der Waals surface area contributed by atoms with Crippen LogP contribution in [0, 0.1) is 0 Å². The summed E-state index contributed by atoms with van der Waals surface area (Å²) < 4.78 is 5.80. The van der Waals surface area contributed by atoms with Gasteiger partial charge in [0.1, 0.15) is 0 Å². The van der Waals surface area contributed by atoms with Gasteiger partial charge in [-0.1, -0.05) is 6.42 Å². The Labute approximate surface area is 133 Å². The van der Waals surface area contributed by atoms with Gasteiger partial charge in [0.25, 0.3) is 0 Å². The van der Waals surface area contributed by atoms with Gasteiger partial charge in [0.15, 0.2) is 0 Å². The zero-order valence-corrected chi connectivity index (χ0v) is 13.3. The summed E-state index contributed by atoms with van der Waals surface area (Å²) in [7, 11) is 0. The largest absolute Gasteiger partial charge is 0.375 e. The monoisotopic (exact) mass is 304 g/mol. The first-order valence-corrected chi connectivity index (χ1v) is 8.57. The van der Waals surface area contributed by atoms with Gasteiger partial charge in [-0.15, -0.1) is 0 Å². The van der Waals surface area contributed by atoms with Crippen LogP contribution in [0.5, 0.6) is 0 Å². The van der Waals surface area contributed by atoms with Crippen LogP contribution in [0.15, 0.2) is 24.5 Å². The Balaban J connectivity index is 1.30. The minimum absolute atomic E-state index is 0.414. The predicted molar refractivity (Wildman–Crippen MR) is 87.7 cm³/mol. The van der Waals surface area contributed by atoms with E-state index in [9.17, 15) is 0 Å². The van der Waals surface area contributed by atoms with E-state index in [1.54, 1.807) is 0 Å². The van der Waals surface area contributed by atoms with Crippen LogP contribution in [0.2, 0.25) is 0 Å². The zero-order valence-electron chi connectivity index (χ0n) is 13.3. The maximum atomic E-state index is 5.80. The van der Waals surface area contributed by atoms with Crippen LogP contribution in [0.25, 0.3) is 0 Å². The van der Waals surface area contributed by atoms with Gasteiger partial charge in [-0.2, -0.15) is 0 Å². The second kappa shape index (κ2) is 8.58. The molecule has 22 heavy (non-hydrogen) atoms. The normalized spacial score (nSPS) is 29.4. The van der Waals surface area contributed by atoms with Gasteiger partial charge < -0.3 is 20.7 Å². The molecule has 0 amide bonds. The summed E-state index contributed by atoms with van der Waals surface area (Å²) in [5.41, 5.74) is 1.18. The molecule has 3 N–H and O–H groups in total. The number of rotatable bonds is 6. The quantitative estimate of drug-likeness (QED) is 0.734. The van der Waals surface area contributed by atoms with Crippen LogP contribution in [0.4, 0.5) is 0 Å². The summed E-state index contributed by atoms with van der Waals surface area (Å²) in [6.07, 6.45) is 8.90. The Bertz CT molecular complexity index is 414. The molecule has 0 spiro atoms. The highest BCUT2D eigenvalue weighted by Crippen LogP contribution is 2.13. The molecule has 1 aromatic heterocycles. The van der Waals surface area contributed by atoms with E-state index < -0.39 is 0 Å². The number of hydrogen-bond donors (Lipinski definition) is 3. The first kappa shape index (κ1) is 15.9. The highest BCUT2D eigenvalue weighted by atomic mass is 16.5. The number of piperazine rings is 1. The van der Waals surface area contributed by atoms with Crippen molar-refractivity contribution in [3.05, 3.63) is 30.1 Å². The van der Waals surface area contributed by atoms with Crippen molar-refractivity contribution in [3.8, 4) is 0 Å². The molecule has 0 aromatic carbocycles. The van der Waals surface area contributed by atoms with Gasteiger partial charge in [-0.3, -0.25) is 4.98 Å². The first-order chi connectivity index (χ1) is 10.9. The fraction of sp³-hybridized carbons (Fsp3) is 0.706. The van der Waals surface area contributed by atoms with Crippen molar-refractivity contribution in [3.63, 3.8) is 0 Å². The zero-order chi connectivity index (χ0) is 15.0. The van der Waals surface area contributed by atoms with Gasteiger partial charge in [-0.05, 0) is 43.5 Å². The Morgan fingerprint density at radius 1 is 1.00 bits per heavy atom. The summed E-state index contributed by atoms with van der Waals surface area (Å²) in [4.78, 5) is 4.02. The maximum Gasteiger partial charge on any atom is 0.0718 e. The van der Waals surface area contributed by atoms with Crippen LogP contribution in [0.1, 0.15) is 31.2 Å². The second-order valence-corrected chi connectivity index (χ2v) is 6.46. The molecule has 122 valence electrons. The third-order valence-electron chi connectivity index (χ3n) is 4.62. The maximum absolute atomic E-state index is 5.80. The van der Waals surface area contributed by atoms with Gasteiger partial charge in [0, 0.05) is 43.6 Å². The lowest BCUT2D eigenvalue weighted by Gasteiger charge is -2.34. The summed E-state index contributed by atoms with van der Waals surface area (Å²) in [5, 5.41) is 10.9. The van der Waals surface area contributed by atoms with Crippen LogP contribution in [-0.2, 0) is 11.3 Å². The predicted octanol–water partition coefficient (Wildman–Crippen LogP) is 1.06. The fourth-order valence-corrected chi connectivity index (χ4v) is 3.31. The topological polar surface area (TPSA) is 58.2 Å². The highest BCUT2D eigenvalue weighted by molar-refractivity contribution is 5.07. The van der Waals surface area contributed by atoms with E-state index in [4.69, 9.17) is 4.74 Å². The number of aromatic nitrogens is 1. The summed E-state index contributed by atoms with van der Waals surface area (Å²) >= 11 is 0. The molecule has 3 unspecified atom stereocenters. The molecule has 3 rings (SSSR count). The summed E-state index contributed by atoms with van der Waals surface area (Å²) in [5.74, 6) is 0. The molecule has 2 aliphatic rings. The van der Waals surface area contributed by atoms with E-state index in [2.05, 4.69) is 20.9 Å². The Hall–Kier alpha value is -1.01. The molecule has 0 radical (unpaired) electrons. The molecule has 0 saturated carbocycles. The lowest BCUT2D eigenvalue weighted by Crippen LogP contribution is -2.57. The smallest absolute Gasteiger partial charge is 0.0718 e. The lowest BCUT2D eigenvalue weighted by atomic mass is 9.97. The Morgan fingerprint density at radius 3 is 2.55 bits per heavy atom. The fourth-order valence-electron chi connectivity index (χ4n) is 3.31. The van der Waals surface area contributed by atoms with Crippen LogP contribution >= 0.6 is 0 Å². The van der Waals surface area contributed by atoms with Crippen LogP contribution in [0.3, 0.4) is 0 Å². The van der Waals surface area contributed by atoms with Crippen LogP contribution in [-0.4, -0.2) is 49.4 Å². The van der Waals surface area contributed by atoms with Crippen molar-refractivity contribution in [2.45, 2.75) is 50.4 Å². The average molecular weight is 304 g/mol. The molecule has 0 bridgehead atoms. The average Bonchev–Trinajstić information content (AvgIpc) is 2.58. The van der Waals surface area contributed by atoms with Gasteiger partial charge >= 0.3 is 0 Å². The Kier molecular flexibility index (Phi) is 6.19. The number of pyridine rings is 1. The molecule has 5 nitrogen and oxygen atoms in total. The minimum Gasteiger partial charge on any atom is -0.375 e. The SMILES string of the molecule is c1cc(COCC2CNC(CC3CCCCN3)CN2)ccn1. The molecule has 3 heterocycles. The third kappa shape index (κ3) is 5.02. The third-order valence-corrected chi connectivity index (χ3v) is 4.62. The highest BCUT2D eigenvalue weighted by Gasteiger charge is 2.23. The number of piperidine rings is 1. The second-order valence-electron chi connectivity index (χ2n) is 6.46. The van der Waals surface area contributed by atoms with Gasteiger partial charge in [0.2, 0.25) is 0 Å². The molecular formula is C17H28N4O. The number of nitrogens with zero attached hydrogens (tertiary/aromatic N) is 1. The number of hydrogen-bond acceptors (Lipinski definition) is 5. The molecule has 2 saturated heterocycles. The first-order valence-electron chi connectivity index (χ1n) is 8.57.